The van der Waals surface area contributed by atoms with Crippen molar-refractivity contribution in [1.29, 1.82) is 0 Å². The fraction of sp³-hybridized carbons (Fsp3) is 0.667. The molecular weight excluding hydrogens is 326 g/mol. The highest BCUT2D eigenvalue weighted by molar-refractivity contribution is 5.81. The fourth-order valence-electron chi connectivity index (χ4n) is 5.13. The molecule has 142 valence electrons. The third kappa shape index (κ3) is 4.11. The van der Waals surface area contributed by atoms with Crippen molar-refractivity contribution in [2.45, 2.75) is 56.8 Å². The van der Waals surface area contributed by atoms with Gasteiger partial charge in [-0.1, -0.05) is 36.8 Å². The van der Waals surface area contributed by atoms with Gasteiger partial charge in [0, 0.05) is 31.7 Å². The third-order valence-electron chi connectivity index (χ3n) is 6.38. The summed E-state index contributed by atoms with van der Waals surface area (Å²) in [5.74, 6) is 1.16. The van der Waals surface area contributed by atoms with Gasteiger partial charge in [0.15, 0.2) is 0 Å². The van der Waals surface area contributed by atoms with Crippen molar-refractivity contribution in [3.05, 3.63) is 35.9 Å². The second-order valence-electron chi connectivity index (χ2n) is 8.30. The molecule has 0 spiro atoms. The van der Waals surface area contributed by atoms with E-state index in [4.69, 9.17) is 10.5 Å². The van der Waals surface area contributed by atoms with Crippen molar-refractivity contribution in [3.8, 4) is 0 Å². The summed E-state index contributed by atoms with van der Waals surface area (Å²) in [7, 11) is 0. The average molecular weight is 357 g/mol. The summed E-state index contributed by atoms with van der Waals surface area (Å²) < 4.78 is 5.81. The van der Waals surface area contributed by atoms with Gasteiger partial charge in [-0.15, -0.1) is 0 Å². The second kappa shape index (κ2) is 8.07. The van der Waals surface area contributed by atoms with Crippen LogP contribution in [0.2, 0.25) is 0 Å². The first-order chi connectivity index (χ1) is 12.7. The summed E-state index contributed by atoms with van der Waals surface area (Å²) in [6.07, 6.45) is 5.41. The van der Waals surface area contributed by atoms with Crippen LogP contribution in [0.1, 0.15) is 37.7 Å². The van der Waals surface area contributed by atoms with Crippen LogP contribution in [-0.2, 0) is 16.1 Å². The van der Waals surface area contributed by atoms with Crippen LogP contribution in [0.15, 0.2) is 30.3 Å². The Hall–Kier alpha value is -1.43. The lowest BCUT2D eigenvalue weighted by molar-refractivity contribution is -0.141. The number of ether oxygens (including phenoxy) is 1. The van der Waals surface area contributed by atoms with E-state index in [2.05, 4.69) is 34.5 Å². The molecule has 5 heteroatoms. The van der Waals surface area contributed by atoms with Crippen molar-refractivity contribution >= 4 is 5.91 Å². The van der Waals surface area contributed by atoms with E-state index in [1.807, 2.05) is 6.07 Å². The van der Waals surface area contributed by atoms with Crippen molar-refractivity contribution in [2.75, 3.05) is 19.7 Å². The third-order valence-corrected chi connectivity index (χ3v) is 6.38. The first kappa shape index (κ1) is 18.0. The molecule has 3 unspecified atom stereocenters. The quantitative estimate of drug-likeness (QED) is 0.864. The Labute approximate surface area is 156 Å². The zero-order valence-corrected chi connectivity index (χ0v) is 15.5. The molecule has 3 N–H and O–H groups in total. The Morgan fingerprint density at radius 3 is 2.65 bits per heavy atom. The number of benzene rings is 1. The van der Waals surface area contributed by atoms with Crippen LogP contribution in [0.3, 0.4) is 0 Å². The van der Waals surface area contributed by atoms with E-state index in [0.717, 1.165) is 25.9 Å². The van der Waals surface area contributed by atoms with E-state index in [-0.39, 0.29) is 12.0 Å². The van der Waals surface area contributed by atoms with Crippen LogP contribution in [0, 0.1) is 11.8 Å². The Bertz CT molecular complexity index is 595. The highest BCUT2D eigenvalue weighted by Gasteiger charge is 2.41. The number of nitrogens with zero attached hydrogens (tertiary/aromatic N) is 1. The minimum atomic E-state index is -0.358. The molecular formula is C21H31N3O2. The molecule has 1 aromatic rings. The van der Waals surface area contributed by atoms with E-state index in [1.165, 1.54) is 24.8 Å². The lowest BCUT2D eigenvalue weighted by Gasteiger charge is -2.45. The van der Waals surface area contributed by atoms with E-state index in [0.29, 0.717) is 37.1 Å². The van der Waals surface area contributed by atoms with Crippen molar-refractivity contribution in [3.63, 3.8) is 0 Å². The molecule has 2 bridgehead atoms. The topological polar surface area (TPSA) is 67.6 Å². The molecule has 26 heavy (non-hydrogen) atoms. The predicted octanol–water partition coefficient (Wildman–Crippen LogP) is 1.91. The molecule has 2 saturated carbocycles. The van der Waals surface area contributed by atoms with E-state index < -0.39 is 0 Å². The van der Waals surface area contributed by atoms with Gasteiger partial charge in [-0.05, 0) is 43.1 Å². The van der Waals surface area contributed by atoms with Gasteiger partial charge in [0.05, 0.1) is 6.61 Å². The number of hydrogen-bond donors (Lipinski definition) is 2. The van der Waals surface area contributed by atoms with Crippen molar-refractivity contribution < 1.29 is 9.53 Å². The molecule has 1 saturated heterocycles. The standard InChI is InChI=1S/C21H31N3O2/c22-18-11-16-7-4-8-17(12-18)20(16)23-21(25)19-14-24(9-10-26-19)13-15-5-2-1-3-6-15/h1-3,5-6,16-20H,4,7-14,22H2,(H,23,25). The minimum Gasteiger partial charge on any atom is -0.366 e. The summed E-state index contributed by atoms with van der Waals surface area (Å²) in [5.41, 5.74) is 7.49. The SMILES string of the molecule is NC1CC2CCCC(C1)C2NC(=O)C1CN(Cc2ccccc2)CCO1. The van der Waals surface area contributed by atoms with Crippen LogP contribution in [0.5, 0.6) is 0 Å². The number of nitrogens with two attached hydrogens (primary N) is 1. The number of rotatable bonds is 4. The van der Waals surface area contributed by atoms with Gasteiger partial charge in [-0.3, -0.25) is 9.69 Å². The van der Waals surface area contributed by atoms with Crippen LogP contribution in [0.4, 0.5) is 0 Å². The maximum atomic E-state index is 12.9. The van der Waals surface area contributed by atoms with Crippen LogP contribution >= 0.6 is 0 Å². The summed E-state index contributed by atoms with van der Waals surface area (Å²) in [6.45, 7) is 3.04. The first-order valence-electron chi connectivity index (χ1n) is 10.1. The number of fused-ring (bicyclic) bond motifs is 2. The zero-order valence-electron chi connectivity index (χ0n) is 15.5. The Morgan fingerprint density at radius 1 is 1.19 bits per heavy atom. The molecule has 1 aromatic carbocycles. The monoisotopic (exact) mass is 357 g/mol. The lowest BCUT2D eigenvalue weighted by atomic mass is 9.67. The minimum absolute atomic E-state index is 0.0696. The van der Waals surface area contributed by atoms with Gasteiger partial charge in [0.25, 0.3) is 5.91 Å². The van der Waals surface area contributed by atoms with Crippen molar-refractivity contribution in [2.24, 2.45) is 17.6 Å². The average Bonchev–Trinajstić information content (AvgIpc) is 2.63. The van der Waals surface area contributed by atoms with Gasteiger partial charge in [0.2, 0.25) is 0 Å². The van der Waals surface area contributed by atoms with E-state index in [9.17, 15) is 4.79 Å². The van der Waals surface area contributed by atoms with Gasteiger partial charge < -0.3 is 15.8 Å². The molecule has 0 aromatic heterocycles. The Morgan fingerprint density at radius 2 is 1.92 bits per heavy atom. The van der Waals surface area contributed by atoms with Gasteiger partial charge in [-0.25, -0.2) is 0 Å². The van der Waals surface area contributed by atoms with Crippen LogP contribution < -0.4 is 11.1 Å². The number of hydrogen-bond acceptors (Lipinski definition) is 4. The van der Waals surface area contributed by atoms with Gasteiger partial charge in [-0.2, -0.15) is 0 Å². The number of amides is 1. The van der Waals surface area contributed by atoms with E-state index in [1.54, 1.807) is 0 Å². The number of carbonyl (C=O) groups is 1. The molecule has 1 amide bonds. The smallest absolute Gasteiger partial charge is 0.250 e. The maximum Gasteiger partial charge on any atom is 0.250 e. The summed E-state index contributed by atoms with van der Waals surface area (Å²) >= 11 is 0. The van der Waals surface area contributed by atoms with Crippen LogP contribution in [-0.4, -0.2) is 48.7 Å². The number of carbonyl (C=O) groups excluding carboxylic acids is 1. The second-order valence-corrected chi connectivity index (χ2v) is 8.30. The molecule has 4 rings (SSSR count). The van der Waals surface area contributed by atoms with E-state index >= 15 is 0 Å². The summed E-state index contributed by atoms with van der Waals surface area (Å²) in [5, 5.41) is 3.35. The highest BCUT2D eigenvalue weighted by atomic mass is 16.5. The fourth-order valence-corrected chi connectivity index (χ4v) is 5.13. The largest absolute Gasteiger partial charge is 0.366 e. The number of morpholine rings is 1. The zero-order chi connectivity index (χ0) is 17.9. The van der Waals surface area contributed by atoms with Crippen molar-refractivity contribution in [1.82, 2.24) is 10.2 Å². The normalized spacial score (nSPS) is 35.0. The summed E-state index contributed by atoms with van der Waals surface area (Å²) in [4.78, 5) is 15.2. The molecule has 2 aliphatic carbocycles. The molecule has 1 aliphatic heterocycles. The molecule has 1 heterocycles. The molecule has 3 atom stereocenters. The predicted molar refractivity (Wildman–Crippen MR) is 101 cm³/mol. The first-order valence-corrected chi connectivity index (χ1v) is 10.1. The Kier molecular flexibility index (Phi) is 5.57. The van der Waals surface area contributed by atoms with Gasteiger partial charge in [0.1, 0.15) is 6.10 Å². The molecule has 3 aliphatic rings. The Balaban J connectivity index is 1.34. The van der Waals surface area contributed by atoms with Crippen LogP contribution in [0.25, 0.3) is 0 Å². The molecule has 0 radical (unpaired) electrons. The lowest BCUT2D eigenvalue weighted by Crippen LogP contribution is -2.58. The summed E-state index contributed by atoms with van der Waals surface area (Å²) in [6, 6.07) is 11.0. The molecule has 3 fully saturated rings. The van der Waals surface area contributed by atoms with Gasteiger partial charge >= 0.3 is 0 Å². The number of nitrogens with one attached hydrogen (secondary N) is 1. The molecule has 5 nitrogen and oxygen atoms in total. The maximum absolute atomic E-state index is 12.9. The highest BCUT2D eigenvalue weighted by Crippen LogP contribution is 2.39.